The molecule has 0 fully saturated rings. The summed E-state index contributed by atoms with van der Waals surface area (Å²) in [6.07, 6.45) is 70.8. The van der Waals surface area contributed by atoms with Gasteiger partial charge in [-0.05, 0) is 76.7 Å². The third kappa shape index (κ3) is 56.4. The van der Waals surface area contributed by atoms with Gasteiger partial charge in [-0.2, -0.15) is 0 Å². The zero-order valence-electron chi connectivity index (χ0n) is 50.7. The van der Waals surface area contributed by atoms with Crippen LogP contribution in [0.25, 0.3) is 0 Å². The van der Waals surface area contributed by atoms with Crippen LogP contribution in [0.1, 0.15) is 297 Å². The van der Waals surface area contributed by atoms with Crippen molar-refractivity contribution in [3.63, 3.8) is 0 Å². The van der Waals surface area contributed by atoms with Crippen molar-refractivity contribution in [2.75, 3.05) is 40.9 Å². The summed E-state index contributed by atoms with van der Waals surface area (Å²) in [6.45, 7) is 6.98. The van der Waals surface area contributed by atoms with Gasteiger partial charge in [0.05, 0.1) is 33.8 Å². The van der Waals surface area contributed by atoms with Crippen LogP contribution in [0.2, 0.25) is 0 Å². The molecule has 0 aliphatic carbocycles. The highest BCUT2D eigenvalue weighted by Gasteiger charge is 2.30. The van der Waals surface area contributed by atoms with E-state index in [1.807, 2.05) is 33.3 Å². The van der Waals surface area contributed by atoms with Crippen LogP contribution in [0, 0.1) is 0 Å². The molecule has 9 nitrogen and oxygen atoms in total. The first-order valence-corrected chi connectivity index (χ1v) is 33.6. The maximum absolute atomic E-state index is 13.5. The van der Waals surface area contributed by atoms with Gasteiger partial charge in [0.15, 0.2) is 0 Å². The summed E-state index contributed by atoms with van der Waals surface area (Å²) >= 11 is 0. The Balaban J connectivity index is 5.27. The average Bonchev–Trinajstić information content (AvgIpc) is 3.38. The fourth-order valence-electron chi connectivity index (χ4n) is 9.22. The van der Waals surface area contributed by atoms with Crippen molar-refractivity contribution in [3.8, 4) is 0 Å². The van der Waals surface area contributed by atoms with Crippen LogP contribution in [0.5, 0.6) is 0 Å². The molecule has 1 amide bonds. The number of nitrogens with zero attached hydrogens (tertiary/aromatic N) is 1. The smallest absolute Gasteiger partial charge is 0.456 e. The molecule has 0 heterocycles. The summed E-state index contributed by atoms with van der Waals surface area (Å²) in [7, 11) is 1.48. The molecule has 76 heavy (non-hydrogen) atoms. The highest BCUT2D eigenvalue weighted by atomic mass is 31.2. The molecule has 2 N–H and O–H groups in total. The van der Waals surface area contributed by atoms with Crippen molar-refractivity contribution in [1.82, 2.24) is 5.32 Å². The summed E-state index contributed by atoms with van der Waals surface area (Å²) in [5, 5.41) is 3.04. The van der Waals surface area contributed by atoms with Gasteiger partial charge in [0.2, 0.25) is 5.91 Å². The number of nitrogens with one attached hydrogen (secondary N) is 1. The van der Waals surface area contributed by atoms with Crippen LogP contribution in [0.3, 0.4) is 0 Å². The van der Waals surface area contributed by atoms with Crippen LogP contribution in [-0.2, 0) is 27.9 Å². The number of hydrogen-bond acceptors (Lipinski definition) is 6. The zero-order valence-corrected chi connectivity index (χ0v) is 51.6. The molecule has 0 aliphatic heterocycles. The Morgan fingerprint density at radius 1 is 0.461 bits per heavy atom. The first-order valence-electron chi connectivity index (χ1n) is 32.1. The first kappa shape index (κ1) is 73.7. The van der Waals surface area contributed by atoms with E-state index in [9.17, 15) is 19.0 Å². The number of quaternary nitrogens is 1. The van der Waals surface area contributed by atoms with Gasteiger partial charge in [0.1, 0.15) is 19.3 Å². The van der Waals surface area contributed by atoms with Crippen LogP contribution in [0.15, 0.2) is 60.8 Å². The molecule has 0 saturated heterocycles. The molecule has 0 spiro atoms. The summed E-state index contributed by atoms with van der Waals surface area (Å²) in [4.78, 5) is 37.7. The van der Waals surface area contributed by atoms with Gasteiger partial charge in [-0.1, -0.05) is 268 Å². The Morgan fingerprint density at radius 2 is 0.803 bits per heavy atom. The predicted octanol–water partition coefficient (Wildman–Crippen LogP) is 19.8. The van der Waals surface area contributed by atoms with E-state index in [0.29, 0.717) is 23.9 Å². The van der Waals surface area contributed by atoms with Crippen molar-refractivity contribution in [2.24, 2.45) is 0 Å². The molecule has 0 bridgehead atoms. The van der Waals surface area contributed by atoms with E-state index in [4.69, 9.17) is 13.8 Å². The summed E-state index contributed by atoms with van der Waals surface area (Å²) in [5.41, 5.74) is 0. The Kier molecular flexibility index (Phi) is 54.3. The number of phosphoric acid groups is 1. The minimum atomic E-state index is -4.46. The normalized spacial score (nSPS) is 14.0. The number of allylic oxidation sites excluding steroid dienone is 9. The predicted molar refractivity (Wildman–Crippen MR) is 328 cm³/mol. The van der Waals surface area contributed by atoms with Gasteiger partial charge in [0, 0.05) is 12.8 Å². The van der Waals surface area contributed by atoms with Gasteiger partial charge >= 0.3 is 13.8 Å². The number of carbonyl (C=O) groups excluding carboxylic acids is 2. The lowest BCUT2D eigenvalue weighted by Gasteiger charge is -2.27. The fraction of sp³-hybridized carbons (Fsp3) is 0.818. The molecule has 3 unspecified atom stereocenters. The van der Waals surface area contributed by atoms with E-state index in [2.05, 4.69) is 74.7 Å². The van der Waals surface area contributed by atoms with Gasteiger partial charge in [-0.25, -0.2) is 4.57 Å². The number of phosphoric ester groups is 1. The zero-order chi connectivity index (χ0) is 55.7. The molecule has 0 saturated carbocycles. The molecular weight excluding hydrogens is 964 g/mol. The first-order chi connectivity index (χ1) is 36.9. The molecule has 444 valence electrons. The van der Waals surface area contributed by atoms with Crippen molar-refractivity contribution in [2.45, 2.75) is 309 Å². The highest BCUT2D eigenvalue weighted by molar-refractivity contribution is 7.47. The number of hydrogen-bond donors (Lipinski definition) is 2. The van der Waals surface area contributed by atoms with Gasteiger partial charge in [0.25, 0.3) is 0 Å². The van der Waals surface area contributed by atoms with E-state index in [1.165, 1.54) is 180 Å². The van der Waals surface area contributed by atoms with E-state index < -0.39 is 20.0 Å². The average molecular weight is 1090 g/mol. The van der Waals surface area contributed by atoms with E-state index in [0.717, 1.165) is 77.0 Å². The number of amides is 1. The van der Waals surface area contributed by atoms with Crippen molar-refractivity contribution in [3.05, 3.63) is 60.8 Å². The lowest BCUT2D eigenvalue weighted by Crippen LogP contribution is -2.47. The van der Waals surface area contributed by atoms with Gasteiger partial charge < -0.3 is 19.4 Å². The van der Waals surface area contributed by atoms with Crippen LogP contribution >= 0.6 is 7.82 Å². The number of likely N-dealkylation sites (N-methyl/N-ethyl adjacent to an activating group) is 1. The Labute approximate surface area is 471 Å². The molecule has 0 aliphatic rings. The van der Waals surface area contributed by atoms with E-state index in [1.54, 1.807) is 0 Å². The summed E-state index contributed by atoms with van der Waals surface area (Å²) < 4.78 is 30.7. The molecular formula is C66H124N2O7P+. The third-order valence-corrected chi connectivity index (χ3v) is 15.2. The second-order valence-corrected chi connectivity index (χ2v) is 24.4. The number of ether oxygens (including phenoxy) is 1. The largest absolute Gasteiger partial charge is 0.472 e. The van der Waals surface area contributed by atoms with E-state index >= 15 is 0 Å². The summed E-state index contributed by atoms with van der Waals surface area (Å²) in [6, 6.07) is -0.864. The van der Waals surface area contributed by atoms with Crippen LogP contribution < -0.4 is 5.32 Å². The molecule has 10 heteroatoms. The van der Waals surface area contributed by atoms with Crippen molar-refractivity contribution < 1.29 is 37.3 Å². The Morgan fingerprint density at radius 3 is 1.24 bits per heavy atom. The maximum Gasteiger partial charge on any atom is 0.472 e. The number of unbranched alkanes of at least 4 members (excludes halogenated alkanes) is 34. The summed E-state index contributed by atoms with van der Waals surface area (Å²) in [5.74, 6) is -0.531. The minimum Gasteiger partial charge on any atom is -0.456 e. The molecule has 3 atom stereocenters. The number of carbonyl (C=O) groups is 2. The monoisotopic (exact) mass is 1090 g/mol. The van der Waals surface area contributed by atoms with Crippen molar-refractivity contribution >= 4 is 19.7 Å². The highest BCUT2D eigenvalue weighted by Crippen LogP contribution is 2.43. The third-order valence-electron chi connectivity index (χ3n) is 14.2. The fourth-order valence-corrected chi connectivity index (χ4v) is 9.95. The molecule has 0 aromatic rings. The number of esters is 1. The van der Waals surface area contributed by atoms with Crippen molar-refractivity contribution in [1.29, 1.82) is 0 Å². The topological polar surface area (TPSA) is 111 Å². The quantitative estimate of drug-likeness (QED) is 0.0205. The maximum atomic E-state index is 13.5. The Hall–Kier alpha value is -2.29. The second kappa shape index (κ2) is 56.0. The lowest BCUT2D eigenvalue weighted by molar-refractivity contribution is -0.870. The Bertz CT molecular complexity index is 1490. The SMILES string of the molecule is CCCCC/C=C\C/C=C\C/C=C\C/C=C\CCCCCC(=O)NC(COP(=O)(O)OCC[N+](C)(C)C)C(/C=C/CCCCCCCCCCCC)OC(=O)CCCCCCCCCCCCCCCCCCCCC. The van der Waals surface area contributed by atoms with Gasteiger partial charge in [-0.3, -0.25) is 18.6 Å². The standard InChI is InChI=1S/C66H123N2O7P/c1-7-10-13-16-19-22-25-28-30-32-34-36-38-40-43-46-49-52-55-58-65(69)67-63(62-74-76(71,72)73-61-60-68(4,5)6)64(57-54-51-48-45-42-27-24-21-18-15-12-9-3)75-66(70)59-56-53-50-47-44-41-39-37-35-33-31-29-26-23-20-17-14-11-8-2/h19,22,28,30,34,36,40,43,54,57,63-64H,7-18,20-21,23-27,29,31-33,35,37-39,41-42,44-53,55-56,58-62H2,1-6H3,(H-,67,69,71,72)/p+1/b22-19-,30-28-,36-34-,43-40-,57-54+. The van der Waals surface area contributed by atoms with E-state index in [-0.39, 0.29) is 31.5 Å². The van der Waals surface area contributed by atoms with Crippen LogP contribution in [-0.4, -0.2) is 74.3 Å². The molecule has 0 rings (SSSR count). The van der Waals surface area contributed by atoms with Gasteiger partial charge in [-0.15, -0.1) is 0 Å². The lowest BCUT2D eigenvalue weighted by atomic mass is 10.0. The molecule has 0 aromatic carbocycles. The molecule has 0 radical (unpaired) electrons. The van der Waals surface area contributed by atoms with Crippen LogP contribution in [0.4, 0.5) is 0 Å². The number of rotatable bonds is 58. The second-order valence-electron chi connectivity index (χ2n) is 22.9. The minimum absolute atomic E-state index is 0.0337. The molecule has 0 aromatic heterocycles.